The molecule has 2 aromatic heterocycles. The van der Waals surface area contributed by atoms with Crippen molar-refractivity contribution in [3.05, 3.63) is 65.9 Å². The number of H-pyrrole nitrogens is 1. The second-order valence-electron chi connectivity index (χ2n) is 7.82. The van der Waals surface area contributed by atoms with Crippen LogP contribution in [0.5, 0.6) is 5.75 Å². The summed E-state index contributed by atoms with van der Waals surface area (Å²) in [6, 6.07) is 18.7. The van der Waals surface area contributed by atoms with Gasteiger partial charge in [0.25, 0.3) is 0 Å². The van der Waals surface area contributed by atoms with Crippen LogP contribution in [-0.2, 0) is 6.54 Å². The Labute approximate surface area is 175 Å². The molecule has 152 valence electrons. The van der Waals surface area contributed by atoms with Gasteiger partial charge in [-0.3, -0.25) is 9.88 Å². The number of aromatic amines is 1. The molecule has 2 aromatic carbocycles. The monoisotopic (exact) mass is 400 g/mol. The third-order valence-corrected chi connectivity index (χ3v) is 5.59. The van der Waals surface area contributed by atoms with Gasteiger partial charge in [-0.25, -0.2) is 5.10 Å². The Hall–Kier alpha value is -3.32. The van der Waals surface area contributed by atoms with E-state index in [1.807, 2.05) is 31.2 Å². The summed E-state index contributed by atoms with van der Waals surface area (Å²) in [4.78, 5) is 7.16. The SMILES string of the molecule is Cc1cc(OC2CCN(Cc3ccccc3)CC2)c2cc(-c3nnn[nH]3)ccc2n1. The molecular weight excluding hydrogens is 376 g/mol. The summed E-state index contributed by atoms with van der Waals surface area (Å²) in [6.07, 6.45) is 2.24. The molecule has 0 spiro atoms. The van der Waals surface area contributed by atoms with Crippen molar-refractivity contribution in [2.24, 2.45) is 0 Å². The molecule has 1 fully saturated rings. The Morgan fingerprint density at radius 1 is 1.07 bits per heavy atom. The number of likely N-dealkylation sites (tertiary alicyclic amines) is 1. The van der Waals surface area contributed by atoms with Crippen LogP contribution in [0, 0.1) is 6.92 Å². The second kappa shape index (κ2) is 8.20. The zero-order valence-electron chi connectivity index (χ0n) is 17.0. The molecule has 0 saturated carbocycles. The fourth-order valence-electron chi connectivity index (χ4n) is 4.05. The summed E-state index contributed by atoms with van der Waals surface area (Å²) in [5.41, 5.74) is 4.15. The maximum Gasteiger partial charge on any atom is 0.179 e. The zero-order valence-corrected chi connectivity index (χ0v) is 17.0. The van der Waals surface area contributed by atoms with Crippen LogP contribution >= 0.6 is 0 Å². The van der Waals surface area contributed by atoms with E-state index in [2.05, 4.69) is 60.8 Å². The number of fused-ring (bicyclic) bond motifs is 1. The number of piperidine rings is 1. The minimum Gasteiger partial charge on any atom is -0.490 e. The number of benzene rings is 2. The average molecular weight is 400 g/mol. The van der Waals surface area contributed by atoms with Crippen molar-refractivity contribution in [3.8, 4) is 17.1 Å². The average Bonchev–Trinajstić information content (AvgIpc) is 3.31. The predicted octanol–water partition coefficient (Wildman–Crippen LogP) is 3.77. The lowest BCUT2D eigenvalue weighted by Crippen LogP contribution is -2.37. The van der Waals surface area contributed by atoms with E-state index in [1.54, 1.807) is 0 Å². The fourth-order valence-corrected chi connectivity index (χ4v) is 4.05. The largest absolute Gasteiger partial charge is 0.490 e. The molecule has 0 radical (unpaired) electrons. The molecule has 1 aliphatic rings. The van der Waals surface area contributed by atoms with Crippen molar-refractivity contribution in [2.75, 3.05) is 13.1 Å². The van der Waals surface area contributed by atoms with Gasteiger partial charge in [0.1, 0.15) is 11.9 Å². The van der Waals surface area contributed by atoms with Crippen molar-refractivity contribution in [1.82, 2.24) is 30.5 Å². The van der Waals surface area contributed by atoms with Crippen LogP contribution in [0.25, 0.3) is 22.3 Å². The van der Waals surface area contributed by atoms with Crippen LogP contribution in [0.2, 0.25) is 0 Å². The predicted molar refractivity (Wildman–Crippen MR) is 115 cm³/mol. The Bertz CT molecular complexity index is 1120. The third kappa shape index (κ3) is 4.02. The number of pyridine rings is 1. The van der Waals surface area contributed by atoms with E-state index < -0.39 is 0 Å². The number of nitrogens with zero attached hydrogens (tertiary/aromatic N) is 5. The first kappa shape index (κ1) is 18.7. The standard InChI is InChI=1S/C23H24N6O/c1-16-13-22(20-14-18(7-8-21(20)24-16)23-25-27-28-26-23)30-19-9-11-29(12-10-19)15-17-5-3-2-4-6-17/h2-8,13-14,19H,9-12,15H2,1H3,(H,25,26,27,28). The molecule has 1 N–H and O–H groups in total. The van der Waals surface area contributed by atoms with Crippen LogP contribution in [0.3, 0.4) is 0 Å². The highest BCUT2D eigenvalue weighted by atomic mass is 16.5. The van der Waals surface area contributed by atoms with Crippen LogP contribution in [0.15, 0.2) is 54.6 Å². The van der Waals surface area contributed by atoms with Gasteiger partial charge in [-0.15, -0.1) is 5.10 Å². The van der Waals surface area contributed by atoms with Gasteiger partial charge < -0.3 is 4.74 Å². The molecule has 30 heavy (non-hydrogen) atoms. The van der Waals surface area contributed by atoms with Crippen molar-refractivity contribution >= 4 is 10.9 Å². The first-order valence-corrected chi connectivity index (χ1v) is 10.3. The first-order chi connectivity index (χ1) is 14.7. The Kier molecular flexibility index (Phi) is 5.11. The first-order valence-electron chi connectivity index (χ1n) is 10.3. The van der Waals surface area contributed by atoms with E-state index in [4.69, 9.17) is 4.74 Å². The molecule has 4 aromatic rings. The highest BCUT2D eigenvalue weighted by molar-refractivity contribution is 5.88. The van der Waals surface area contributed by atoms with Gasteiger partial charge >= 0.3 is 0 Å². The normalized spacial score (nSPS) is 15.5. The van der Waals surface area contributed by atoms with E-state index in [-0.39, 0.29) is 6.10 Å². The summed E-state index contributed by atoms with van der Waals surface area (Å²) in [5.74, 6) is 1.52. The smallest absolute Gasteiger partial charge is 0.179 e. The van der Waals surface area contributed by atoms with Gasteiger partial charge in [-0.05, 0) is 54.0 Å². The van der Waals surface area contributed by atoms with Crippen LogP contribution in [0.4, 0.5) is 0 Å². The van der Waals surface area contributed by atoms with Gasteiger partial charge in [-0.2, -0.15) is 0 Å². The number of aryl methyl sites for hydroxylation is 1. The Morgan fingerprint density at radius 3 is 2.67 bits per heavy atom. The lowest BCUT2D eigenvalue weighted by molar-refractivity contribution is 0.0979. The Morgan fingerprint density at radius 2 is 1.90 bits per heavy atom. The van der Waals surface area contributed by atoms with Gasteiger partial charge in [0.05, 0.1) is 5.52 Å². The summed E-state index contributed by atoms with van der Waals surface area (Å²) in [5, 5.41) is 15.2. The fraction of sp³-hybridized carbons (Fsp3) is 0.304. The number of tetrazole rings is 1. The highest BCUT2D eigenvalue weighted by Gasteiger charge is 2.22. The molecule has 5 rings (SSSR count). The minimum absolute atomic E-state index is 0.206. The molecule has 0 atom stereocenters. The highest BCUT2D eigenvalue weighted by Crippen LogP contribution is 2.31. The number of ether oxygens (including phenoxy) is 1. The molecule has 0 amide bonds. The molecular formula is C23H24N6O. The molecule has 7 nitrogen and oxygen atoms in total. The van der Waals surface area contributed by atoms with Gasteiger partial charge in [0.15, 0.2) is 5.82 Å². The van der Waals surface area contributed by atoms with E-state index in [1.165, 1.54) is 5.56 Å². The van der Waals surface area contributed by atoms with Gasteiger partial charge in [-0.1, -0.05) is 30.3 Å². The number of hydrogen-bond acceptors (Lipinski definition) is 6. The summed E-state index contributed by atoms with van der Waals surface area (Å²) < 4.78 is 6.49. The Balaban J connectivity index is 1.32. The van der Waals surface area contributed by atoms with Gasteiger partial charge in [0.2, 0.25) is 0 Å². The molecule has 0 bridgehead atoms. The molecule has 0 aliphatic carbocycles. The van der Waals surface area contributed by atoms with Gasteiger partial charge in [0, 0.05) is 42.3 Å². The number of rotatable bonds is 5. The minimum atomic E-state index is 0.206. The molecule has 1 aliphatic heterocycles. The van der Waals surface area contributed by atoms with Crippen molar-refractivity contribution in [3.63, 3.8) is 0 Å². The number of hydrogen-bond donors (Lipinski definition) is 1. The summed E-state index contributed by atoms with van der Waals surface area (Å²) in [7, 11) is 0. The number of nitrogens with one attached hydrogen (secondary N) is 1. The van der Waals surface area contributed by atoms with Crippen LogP contribution in [-0.4, -0.2) is 49.7 Å². The van der Waals surface area contributed by atoms with E-state index in [9.17, 15) is 0 Å². The molecule has 7 heteroatoms. The van der Waals surface area contributed by atoms with E-state index >= 15 is 0 Å². The second-order valence-corrected chi connectivity index (χ2v) is 7.82. The lowest BCUT2D eigenvalue weighted by Gasteiger charge is -2.32. The molecule has 3 heterocycles. The third-order valence-electron chi connectivity index (χ3n) is 5.59. The summed E-state index contributed by atoms with van der Waals surface area (Å²) >= 11 is 0. The van der Waals surface area contributed by atoms with E-state index in [0.717, 1.165) is 60.4 Å². The zero-order chi connectivity index (χ0) is 20.3. The maximum atomic E-state index is 6.49. The van der Waals surface area contributed by atoms with Crippen LogP contribution < -0.4 is 4.74 Å². The molecule has 0 unspecified atom stereocenters. The van der Waals surface area contributed by atoms with Crippen molar-refractivity contribution < 1.29 is 4.74 Å². The number of aromatic nitrogens is 5. The van der Waals surface area contributed by atoms with Crippen molar-refractivity contribution in [1.29, 1.82) is 0 Å². The van der Waals surface area contributed by atoms with Crippen LogP contribution in [0.1, 0.15) is 24.1 Å². The van der Waals surface area contributed by atoms with Crippen molar-refractivity contribution in [2.45, 2.75) is 32.4 Å². The topological polar surface area (TPSA) is 79.8 Å². The van der Waals surface area contributed by atoms with E-state index in [0.29, 0.717) is 5.82 Å². The maximum absolute atomic E-state index is 6.49. The lowest BCUT2D eigenvalue weighted by atomic mass is 10.1. The summed E-state index contributed by atoms with van der Waals surface area (Å²) in [6.45, 7) is 5.08. The molecule has 1 saturated heterocycles. The quantitative estimate of drug-likeness (QED) is 0.549.